The largest absolute Gasteiger partial charge is 0.477 e. The van der Waals surface area contributed by atoms with Crippen LogP contribution in [0.5, 0.6) is 0 Å². The highest BCUT2D eigenvalue weighted by Gasteiger charge is 2.60. The van der Waals surface area contributed by atoms with Crippen LogP contribution in [0.4, 0.5) is 0 Å². The molecule has 7 atom stereocenters. The van der Waals surface area contributed by atoms with Crippen molar-refractivity contribution >= 4 is 23.6 Å². The highest BCUT2D eigenvalue weighted by molar-refractivity contribution is 8.03. The fourth-order valence-corrected chi connectivity index (χ4v) is 5.63. The summed E-state index contributed by atoms with van der Waals surface area (Å²) in [6.07, 6.45) is -0.738. The van der Waals surface area contributed by atoms with Crippen LogP contribution in [0.1, 0.15) is 20.3 Å². The maximum Gasteiger partial charge on any atom is 0.353 e. The molecule has 3 heterocycles. The predicted molar refractivity (Wildman–Crippen MR) is 92.5 cm³/mol. The number of nitrogens with one attached hydrogen (secondary N) is 1. The molecule has 3 aliphatic rings. The number of aliphatic carboxylic acids is 1. The number of amides is 1. The zero-order valence-electron chi connectivity index (χ0n) is 14.3. The van der Waals surface area contributed by atoms with Crippen molar-refractivity contribution < 1.29 is 24.9 Å². The number of rotatable bonds is 6. The molecular formula is C16H25N3O5S. The van der Waals surface area contributed by atoms with Crippen molar-refractivity contribution in [2.45, 2.75) is 49.8 Å². The van der Waals surface area contributed by atoms with Gasteiger partial charge in [0.25, 0.3) is 0 Å². The summed E-state index contributed by atoms with van der Waals surface area (Å²) in [5.74, 6) is -2.11. The predicted octanol–water partition coefficient (Wildman–Crippen LogP) is -1.08. The zero-order valence-corrected chi connectivity index (χ0v) is 15.1. The van der Waals surface area contributed by atoms with Crippen LogP contribution in [0, 0.1) is 11.8 Å². The second-order valence-corrected chi connectivity index (χ2v) is 8.41. The molecule has 9 heteroatoms. The average Bonchev–Trinajstić information content (AvgIpc) is 3.10. The summed E-state index contributed by atoms with van der Waals surface area (Å²) in [4.78, 5) is 26.1. The van der Waals surface area contributed by atoms with Crippen molar-refractivity contribution in [3.63, 3.8) is 0 Å². The number of aliphatic hydroxyl groups is 2. The van der Waals surface area contributed by atoms with Crippen molar-refractivity contribution in [2.75, 3.05) is 13.1 Å². The average molecular weight is 371 g/mol. The number of nitrogens with zero attached hydrogens (tertiary/aromatic N) is 1. The minimum atomic E-state index is -1.11. The third-order valence-corrected chi connectivity index (χ3v) is 6.95. The lowest BCUT2D eigenvalue weighted by Gasteiger charge is -2.46. The monoisotopic (exact) mass is 371 g/mol. The fourth-order valence-electron chi connectivity index (χ4n) is 4.14. The Hall–Kier alpha value is -1.13. The van der Waals surface area contributed by atoms with E-state index in [-0.39, 0.29) is 41.4 Å². The summed E-state index contributed by atoms with van der Waals surface area (Å²) in [6, 6.07) is -0.391. The van der Waals surface area contributed by atoms with E-state index in [1.165, 1.54) is 16.7 Å². The van der Waals surface area contributed by atoms with Gasteiger partial charge in [-0.05, 0) is 13.3 Å². The molecule has 25 heavy (non-hydrogen) atoms. The zero-order chi connectivity index (χ0) is 18.5. The summed E-state index contributed by atoms with van der Waals surface area (Å²) in [5, 5.41) is 32.7. The number of carboxylic acids is 1. The van der Waals surface area contributed by atoms with Crippen LogP contribution in [0.3, 0.4) is 0 Å². The Morgan fingerprint density at radius 2 is 2.16 bits per heavy atom. The second-order valence-electron chi connectivity index (χ2n) is 7.07. The molecule has 0 spiro atoms. The van der Waals surface area contributed by atoms with Gasteiger partial charge in [-0.1, -0.05) is 6.92 Å². The molecule has 2 fully saturated rings. The fraction of sp³-hybridized carbons (Fsp3) is 0.750. The molecule has 0 aromatic heterocycles. The third-order valence-electron chi connectivity index (χ3n) is 5.44. The number of carboxylic acid groups (broad SMARTS) is 1. The summed E-state index contributed by atoms with van der Waals surface area (Å²) in [5.41, 5.74) is 5.54. The molecule has 3 aliphatic heterocycles. The lowest BCUT2D eigenvalue weighted by molar-refractivity contribution is -0.163. The molecule has 0 aromatic rings. The number of carbonyl (C=O) groups is 2. The first-order valence-corrected chi connectivity index (χ1v) is 9.42. The van der Waals surface area contributed by atoms with E-state index in [0.717, 1.165) is 0 Å². The maximum absolute atomic E-state index is 12.3. The molecule has 0 aromatic carbocycles. The molecule has 3 rings (SSSR count). The highest BCUT2D eigenvalue weighted by Crippen LogP contribution is 2.51. The van der Waals surface area contributed by atoms with E-state index in [4.69, 9.17) is 5.73 Å². The Bertz CT molecular complexity index is 611. The van der Waals surface area contributed by atoms with E-state index in [0.29, 0.717) is 17.9 Å². The van der Waals surface area contributed by atoms with Gasteiger partial charge < -0.3 is 31.3 Å². The van der Waals surface area contributed by atoms with Gasteiger partial charge >= 0.3 is 5.97 Å². The smallest absolute Gasteiger partial charge is 0.353 e. The van der Waals surface area contributed by atoms with Gasteiger partial charge in [-0.25, -0.2) is 4.79 Å². The third kappa shape index (κ3) is 2.97. The molecule has 6 N–H and O–H groups in total. The van der Waals surface area contributed by atoms with E-state index in [1.807, 2.05) is 6.92 Å². The summed E-state index contributed by atoms with van der Waals surface area (Å²) >= 11 is 1.46. The quantitative estimate of drug-likeness (QED) is 0.372. The Morgan fingerprint density at radius 1 is 1.48 bits per heavy atom. The summed E-state index contributed by atoms with van der Waals surface area (Å²) in [7, 11) is 0. The molecule has 2 saturated heterocycles. The van der Waals surface area contributed by atoms with Crippen LogP contribution in [-0.2, 0) is 9.59 Å². The van der Waals surface area contributed by atoms with Gasteiger partial charge in [0.2, 0.25) is 5.91 Å². The molecule has 0 aliphatic carbocycles. The molecule has 140 valence electrons. The first kappa shape index (κ1) is 18.7. The lowest BCUT2D eigenvalue weighted by Crippen LogP contribution is -2.63. The van der Waals surface area contributed by atoms with Crippen LogP contribution in [0.2, 0.25) is 0 Å². The number of β-lactam (4-membered cyclic amide) rings is 1. The number of nitrogens with two attached hydrogens (primary N) is 1. The first-order valence-electron chi connectivity index (χ1n) is 8.54. The van der Waals surface area contributed by atoms with Gasteiger partial charge in [0.15, 0.2) is 0 Å². The standard InChI is InChI=1S/C16H25N3O5S/c1-6-12-11(7(2)20)15(22)19(12)13(16(23)24)14(6)25-8-3-9(18-5-8)10(21)4-17/h6-12,18,20-21H,3-5,17H2,1-2H3,(H,23,24)/t6-,7-,8+,9+,10?,11-,12-/m1/s1. The van der Waals surface area contributed by atoms with Gasteiger partial charge in [0.1, 0.15) is 5.70 Å². The topological polar surface area (TPSA) is 136 Å². The molecule has 0 bridgehead atoms. The number of fused-ring (bicyclic) bond motifs is 1. The van der Waals surface area contributed by atoms with E-state index in [9.17, 15) is 24.9 Å². The van der Waals surface area contributed by atoms with Crippen molar-refractivity contribution in [3.05, 3.63) is 10.6 Å². The summed E-state index contributed by atoms with van der Waals surface area (Å²) < 4.78 is 0. The molecule has 1 unspecified atom stereocenters. The molecular weight excluding hydrogens is 346 g/mol. The molecule has 8 nitrogen and oxygen atoms in total. The van der Waals surface area contributed by atoms with Gasteiger partial charge in [0, 0.05) is 35.2 Å². The Morgan fingerprint density at radius 3 is 2.72 bits per heavy atom. The van der Waals surface area contributed by atoms with E-state index in [2.05, 4.69) is 5.32 Å². The molecule has 0 saturated carbocycles. The number of hydrogen-bond acceptors (Lipinski definition) is 7. The van der Waals surface area contributed by atoms with Crippen molar-refractivity contribution in [1.82, 2.24) is 10.2 Å². The Balaban J connectivity index is 1.78. The number of carbonyl (C=O) groups excluding carboxylic acids is 1. The van der Waals surface area contributed by atoms with Gasteiger partial charge in [-0.3, -0.25) is 4.79 Å². The number of aliphatic hydroxyl groups excluding tert-OH is 2. The first-order chi connectivity index (χ1) is 11.8. The molecule has 1 amide bonds. The number of thioether (sulfide) groups is 1. The summed E-state index contributed by atoms with van der Waals surface area (Å²) in [6.45, 7) is 4.30. The maximum atomic E-state index is 12.3. The van der Waals surface area contributed by atoms with E-state index in [1.54, 1.807) is 6.92 Å². The van der Waals surface area contributed by atoms with Crippen molar-refractivity contribution in [3.8, 4) is 0 Å². The Kier molecular flexibility index (Phi) is 5.13. The second kappa shape index (κ2) is 6.88. The van der Waals surface area contributed by atoms with Crippen LogP contribution in [-0.4, -0.2) is 74.7 Å². The normalized spacial score (nSPS) is 37.1. The van der Waals surface area contributed by atoms with Crippen LogP contribution in [0.15, 0.2) is 10.6 Å². The molecule has 0 radical (unpaired) electrons. The van der Waals surface area contributed by atoms with Crippen LogP contribution in [0.25, 0.3) is 0 Å². The van der Waals surface area contributed by atoms with Gasteiger partial charge in [0.05, 0.1) is 24.2 Å². The van der Waals surface area contributed by atoms with Crippen molar-refractivity contribution in [1.29, 1.82) is 0 Å². The van der Waals surface area contributed by atoms with E-state index < -0.39 is 24.1 Å². The van der Waals surface area contributed by atoms with Crippen molar-refractivity contribution in [2.24, 2.45) is 17.6 Å². The Labute approximate surface area is 150 Å². The number of hydrogen-bond donors (Lipinski definition) is 5. The van der Waals surface area contributed by atoms with Crippen LogP contribution < -0.4 is 11.1 Å². The highest BCUT2D eigenvalue weighted by atomic mass is 32.2. The minimum Gasteiger partial charge on any atom is -0.477 e. The lowest BCUT2D eigenvalue weighted by atomic mass is 9.79. The van der Waals surface area contributed by atoms with E-state index >= 15 is 0 Å². The minimum absolute atomic E-state index is 0.0484. The van der Waals surface area contributed by atoms with Gasteiger partial charge in [-0.15, -0.1) is 11.8 Å². The SMILES string of the molecule is C[C@@H](O)[C@H]1C(=O)N2C(C(=O)O)=C(S[C@@H]3CN[C@H](C(O)CN)C3)[C@H](C)[C@H]12. The van der Waals surface area contributed by atoms with Gasteiger partial charge in [-0.2, -0.15) is 0 Å². The van der Waals surface area contributed by atoms with Crippen LogP contribution >= 0.6 is 11.8 Å².